The maximum absolute atomic E-state index is 14.1. The summed E-state index contributed by atoms with van der Waals surface area (Å²) in [5.41, 5.74) is 0.381. The Morgan fingerprint density at radius 2 is 1.93 bits per heavy atom. The molecule has 43 heavy (non-hydrogen) atoms. The van der Waals surface area contributed by atoms with Gasteiger partial charge < -0.3 is 30.7 Å². The summed E-state index contributed by atoms with van der Waals surface area (Å²) >= 11 is 0. The highest BCUT2D eigenvalue weighted by Gasteiger charge is 2.54. The van der Waals surface area contributed by atoms with Crippen LogP contribution in [-0.4, -0.2) is 83.0 Å². The highest BCUT2D eigenvalue weighted by molar-refractivity contribution is 6.01. The lowest BCUT2D eigenvalue weighted by atomic mass is 9.66. The molecule has 3 aliphatic rings. The number of carbonyl (C=O) groups excluding carboxylic acids is 4. The molecule has 4 amide bonds. The van der Waals surface area contributed by atoms with E-state index in [-0.39, 0.29) is 48.8 Å². The summed E-state index contributed by atoms with van der Waals surface area (Å²) in [7, 11) is 2.99. The van der Waals surface area contributed by atoms with Crippen LogP contribution >= 0.6 is 0 Å². The normalized spacial score (nSPS) is 22.2. The van der Waals surface area contributed by atoms with Gasteiger partial charge in [0.25, 0.3) is 5.91 Å². The highest BCUT2D eigenvalue weighted by Crippen LogP contribution is 2.58. The van der Waals surface area contributed by atoms with Gasteiger partial charge in [-0.3, -0.25) is 19.1 Å². The zero-order valence-corrected chi connectivity index (χ0v) is 25.1. The monoisotopic (exact) mass is 594 g/mol. The van der Waals surface area contributed by atoms with Crippen molar-refractivity contribution in [2.75, 3.05) is 38.7 Å². The number of hydrogen-bond donors (Lipinski definition) is 4. The van der Waals surface area contributed by atoms with E-state index in [1.165, 1.54) is 16.7 Å². The molecule has 1 aliphatic heterocycles. The maximum Gasteiger partial charge on any atom is 0.409 e. The standard InChI is InChI=1S/C31H42N6O6/c1-30(11-12-30)24(20-6-4-7-20)25(35-26(39)23-10-14-33-36(23)2)27(40)34-22-9-5-8-21(18-22)31(28(41)32-15-17-38)13-16-37(19-31)29(42)43-3/h5,8-10,14,18,20,24-25,38H,4,6-7,11-13,15-17,19H2,1-3H3,(H,32,41)(H,34,40)(H,35,39)/t24?,25-,31?/m0/s1. The minimum atomic E-state index is -1.09. The number of likely N-dealkylation sites (tertiary alicyclic amines) is 1. The number of aliphatic hydroxyl groups is 1. The van der Waals surface area contributed by atoms with Crippen LogP contribution in [0.15, 0.2) is 36.5 Å². The van der Waals surface area contributed by atoms with Crippen LogP contribution in [0.2, 0.25) is 0 Å². The average molecular weight is 595 g/mol. The van der Waals surface area contributed by atoms with Gasteiger partial charge in [0.2, 0.25) is 11.8 Å². The molecule has 0 spiro atoms. The van der Waals surface area contributed by atoms with Gasteiger partial charge >= 0.3 is 6.09 Å². The van der Waals surface area contributed by atoms with E-state index in [0.29, 0.717) is 35.8 Å². The van der Waals surface area contributed by atoms with Gasteiger partial charge in [0.05, 0.1) is 19.1 Å². The molecular formula is C31H42N6O6. The van der Waals surface area contributed by atoms with Gasteiger partial charge in [0.1, 0.15) is 11.7 Å². The number of anilines is 1. The van der Waals surface area contributed by atoms with E-state index in [0.717, 1.165) is 32.1 Å². The smallest absolute Gasteiger partial charge is 0.409 e. The highest BCUT2D eigenvalue weighted by atomic mass is 16.5. The molecule has 2 aliphatic carbocycles. The minimum absolute atomic E-state index is 0.0133. The number of nitrogens with one attached hydrogen (secondary N) is 3. The third kappa shape index (κ3) is 6.11. The van der Waals surface area contributed by atoms with Crippen LogP contribution in [0.1, 0.15) is 61.5 Å². The van der Waals surface area contributed by atoms with Crippen molar-refractivity contribution in [2.45, 2.75) is 56.9 Å². The first-order valence-electron chi connectivity index (χ1n) is 15.0. The number of nitrogens with zero attached hydrogens (tertiary/aromatic N) is 3. The summed E-state index contributed by atoms with van der Waals surface area (Å²) in [6.45, 7) is 2.48. The Labute approximate surface area is 251 Å². The van der Waals surface area contributed by atoms with Gasteiger partial charge in [-0.05, 0) is 60.3 Å². The molecule has 1 aromatic carbocycles. The van der Waals surface area contributed by atoms with Crippen LogP contribution in [0.25, 0.3) is 0 Å². The van der Waals surface area contributed by atoms with Gasteiger partial charge in [0, 0.05) is 38.6 Å². The van der Waals surface area contributed by atoms with E-state index in [4.69, 9.17) is 4.74 Å². The molecule has 0 bridgehead atoms. The number of methoxy groups -OCH3 is 1. The second-order valence-electron chi connectivity index (χ2n) is 12.4. The van der Waals surface area contributed by atoms with Crippen LogP contribution < -0.4 is 16.0 Å². The number of aryl methyl sites for hydroxylation is 1. The molecule has 3 atom stereocenters. The molecule has 2 aromatic rings. The number of hydrogen-bond acceptors (Lipinski definition) is 7. The largest absolute Gasteiger partial charge is 0.453 e. The quantitative estimate of drug-likeness (QED) is 0.311. The van der Waals surface area contributed by atoms with Gasteiger partial charge in [-0.25, -0.2) is 4.79 Å². The van der Waals surface area contributed by atoms with Gasteiger partial charge in [-0.1, -0.05) is 38.3 Å². The van der Waals surface area contributed by atoms with Crippen LogP contribution in [0.5, 0.6) is 0 Å². The second-order valence-corrected chi connectivity index (χ2v) is 12.4. The van der Waals surface area contributed by atoms with Crippen molar-refractivity contribution in [2.24, 2.45) is 24.3 Å². The minimum Gasteiger partial charge on any atom is -0.453 e. The number of aromatic nitrogens is 2. The molecule has 0 radical (unpaired) electrons. The van der Waals surface area contributed by atoms with Crippen LogP contribution in [0.3, 0.4) is 0 Å². The molecule has 3 fully saturated rings. The van der Waals surface area contributed by atoms with E-state index >= 15 is 0 Å². The lowest BCUT2D eigenvalue weighted by Crippen LogP contribution is -2.54. The number of benzene rings is 1. The van der Waals surface area contributed by atoms with E-state index in [2.05, 4.69) is 28.0 Å². The van der Waals surface area contributed by atoms with E-state index < -0.39 is 17.6 Å². The fourth-order valence-corrected chi connectivity index (χ4v) is 6.80. The van der Waals surface area contributed by atoms with Gasteiger partial charge in [0.15, 0.2) is 0 Å². The predicted molar refractivity (Wildman–Crippen MR) is 158 cm³/mol. The molecule has 2 saturated carbocycles. The summed E-state index contributed by atoms with van der Waals surface area (Å²) in [4.78, 5) is 54.7. The Balaban J connectivity index is 1.43. The summed E-state index contributed by atoms with van der Waals surface area (Å²) in [5.74, 6) is -0.636. The number of amides is 4. The van der Waals surface area contributed by atoms with Crippen molar-refractivity contribution in [3.63, 3.8) is 0 Å². The first-order valence-corrected chi connectivity index (χ1v) is 15.0. The number of aliphatic hydroxyl groups excluding tert-OH is 1. The lowest BCUT2D eigenvalue weighted by molar-refractivity contribution is -0.126. The zero-order valence-electron chi connectivity index (χ0n) is 25.1. The molecule has 5 rings (SSSR count). The van der Waals surface area contributed by atoms with E-state index in [9.17, 15) is 24.3 Å². The zero-order chi connectivity index (χ0) is 30.8. The SMILES string of the molecule is COC(=O)N1CCC(C(=O)NCCO)(c2cccc(NC(=O)[C@@H](NC(=O)c3ccnn3C)C(C3CCC3)C3(C)CC3)c2)C1. The maximum atomic E-state index is 14.1. The molecule has 1 saturated heterocycles. The van der Waals surface area contributed by atoms with Crippen molar-refractivity contribution in [1.82, 2.24) is 25.3 Å². The number of carbonyl (C=O) groups is 4. The molecule has 2 unspecified atom stereocenters. The summed E-state index contributed by atoms with van der Waals surface area (Å²) in [6.07, 6.45) is 6.58. The first-order chi connectivity index (χ1) is 20.6. The molecule has 12 heteroatoms. The van der Waals surface area contributed by atoms with Crippen LogP contribution in [0, 0.1) is 17.3 Å². The first kappa shape index (κ1) is 30.5. The summed E-state index contributed by atoms with van der Waals surface area (Å²) in [6, 6.07) is 7.96. The lowest BCUT2D eigenvalue weighted by Gasteiger charge is -2.42. The fraction of sp³-hybridized carbons (Fsp3) is 0.581. The Hall–Kier alpha value is -3.93. The van der Waals surface area contributed by atoms with Crippen molar-refractivity contribution in [1.29, 1.82) is 0 Å². The fourth-order valence-electron chi connectivity index (χ4n) is 6.80. The molecule has 12 nitrogen and oxygen atoms in total. The number of ether oxygens (including phenoxy) is 1. The Bertz CT molecular complexity index is 1370. The average Bonchev–Trinajstić information content (AvgIpc) is 3.34. The van der Waals surface area contributed by atoms with E-state index in [1.807, 2.05) is 0 Å². The Kier molecular flexibility index (Phi) is 8.77. The van der Waals surface area contributed by atoms with E-state index in [1.54, 1.807) is 43.6 Å². The van der Waals surface area contributed by atoms with Gasteiger partial charge in [-0.15, -0.1) is 0 Å². The topological polar surface area (TPSA) is 155 Å². The summed E-state index contributed by atoms with van der Waals surface area (Å²) < 4.78 is 6.39. The molecular weight excluding hydrogens is 552 g/mol. The molecule has 2 heterocycles. The van der Waals surface area contributed by atoms with Crippen LogP contribution in [-0.2, 0) is 26.8 Å². The second kappa shape index (κ2) is 12.4. The van der Waals surface area contributed by atoms with Gasteiger partial charge in [-0.2, -0.15) is 5.10 Å². The number of rotatable bonds is 11. The van der Waals surface area contributed by atoms with Crippen molar-refractivity contribution < 1.29 is 29.0 Å². The molecule has 1 aromatic heterocycles. The molecule has 232 valence electrons. The predicted octanol–water partition coefficient (Wildman–Crippen LogP) is 2.19. The third-order valence-electron chi connectivity index (χ3n) is 9.70. The Morgan fingerprint density at radius 1 is 1.16 bits per heavy atom. The van der Waals surface area contributed by atoms with Crippen molar-refractivity contribution in [3.05, 3.63) is 47.8 Å². The molecule has 4 N–H and O–H groups in total. The third-order valence-corrected chi connectivity index (χ3v) is 9.70. The summed E-state index contributed by atoms with van der Waals surface area (Å²) in [5, 5.41) is 22.3. The van der Waals surface area contributed by atoms with Crippen LogP contribution in [0.4, 0.5) is 10.5 Å². The van der Waals surface area contributed by atoms with Crippen molar-refractivity contribution in [3.8, 4) is 0 Å². The Morgan fingerprint density at radius 3 is 2.53 bits per heavy atom. The van der Waals surface area contributed by atoms with Crippen molar-refractivity contribution >= 4 is 29.5 Å².